The highest BCUT2D eigenvalue weighted by atomic mass is 32.2. The zero-order valence-corrected chi connectivity index (χ0v) is 12.5. The lowest BCUT2D eigenvalue weighted by Gasteiger charge is -2.13. The number of hydrogen-bond acceptors (Lipinski definition) is 5. The maximum Gasteiger partial charge on any atom is 0.315 e. The van der Waals surface area contributed by atoms with Crippen LogP contribution < -0.4 is 4.72 Å². The fourth-order valence-electron chi connectivity index (χ4n) is 1.28. The van der Waals surface area contributed by atoms with E-state index in [9.17, 15) is 13.2 Å². The molecule has 104 valence electrons. The number of aryl methyl sites for hydroxylation is 1. The van der Waals surface area contributed by atoms with E-state index in [4.69, 9.17) is 12.2 Å². The summed E-state index contributed by atoms with van der Waals surface area (Å²) in [7, 11) is -2.54. The first-order chi connectivity index (χ1) is 8.77. The fourth-order valence-corrected chi connectivity index (χ4v) is 2.76. The van der Waals surface area contributed by atoms with Gasteiger partial charge >= 0.3 is 5.97 Å². The fraction of sp³-hybridized carbons (Fsp3) is 0.333. The van der Waals surface area contributed by atoms with Crippen molar-refractivity contribution in [3.63, 3.8) is 0 Å². The smallest absolute Gasteiger partial charge is 0.315 e. The molecule has 5 nitrogen and oxygen atoms in total. The average molecular weight is 301 g/mol. The number of methoxy groups -OCH3 is 1. The summed E-state index contributed by atoms with van der Waals surface area (Å²) in [4.78, 5) is 11.3. The first-order valence-corrected chi connectivity index (χ1v) is 7.38. The van der Waals surface area contributed by atoms with Gasteiger partial charge in [0.1, 0.15) is 10.9 Å². The number of carbonyl (C=O) groups is 1. The van der Waals surface area contributed by atoms with Crippen LogP contribution in [0.2, 0.25) is 0 Å². The van der Waals surface area contributed by atoms with Crippen molar-refractivity contribution >= 4 is 33.2 Å². The second-order valence-corrected chi connectivity index (χ2v) is 6.15. The maximum absolute atomic E-state index is 12.0. The van der Waals surface area contributed by atoms with Crippen LogP contribution in [0, 0.1) is 12.8 Å². The molecule has 0 saturated carbocycles. The summed E-state index contributed by atoms with van der Waals surface area (Å²) < 4.78 is 30.8. The third-order valence-electron chi connectivity index (χ3n) is 2.51. The molecule has 0 heterocycles. The van der Waals surface area contributed by atoms with E-state index in [0.717, 1.165) is 5.56 Å². The van der Waals surface area contributed by atoms with E-state index in [1.165, 1.54) is 26.2 Å². The normalized spacial score (nSPS) is 12.6. The molecule has 0 aliphatic heterocycles. The van der Waals surface area contributed by atoms with Gasteiger partial charge in [-0.1, -0.05) is 29.9 Å². The van der Waals surface area contributed by atoms with E-state index >= 15 is 0 Å². The summed E-state index contributed by atoms with van der Waals surface area (Å²) >= 11 is 4.90. The Hall–Kier alpha value is -1.47. The molecule has 0 aliphatic carbocycles. The Balaban J connectivity index is 2.89. The molecule has 1 aromatic carbocycles. The zero-order chi connectivity index (χ0) is 14.6. The molecule has 0 spiro atoms. The molecular weight excluding hydrogens is 286 g/mol. The van der Waals surface area contributed by atoms with E-state index in [2.05, 4.69) is 9.46 Å². The van der Waals surface area contributed by atoms with Crippen molar-refractivity contribution in [2.24, 2.45) is 5.92 Å². The molecule has 1 rings (SSSR count). The molecule has 1 atom stereocenters. The molecule has 1 N–H and O–H groups in total. The van der Waals surface area contributed by atoms with Gasteiger partial charge < -0.3 is 4.74 Å². The lowest BCUT2D eigenvalue weighted by Crippen LogP contribution is -2.36. The summed E-state index contributed by atoms with van der Waals surface area (Å²) in [6.07, 6.45) is 0. The Labute approximate surface area is 118 Å². The van der Waals surface area contributed by atoms with Crippen molar-refractivity contribution in [1.29, 1.82) is 0 Å². The number of thiocarbonyl (C=S) groups is 1. The maximum atomic E-state index is 12.0. The molecule has 0 amide bonds. The van der Waals surface area contributed by atoms with Crippen molar-refractivity contribution in [3.8, 4) is 0 Å². The molecule has 0 bridgehead atoms. The van der Waals surface area contributed by atoms with Crippen LogP contribution in [0.1, 0.15) is 12.5 Å². The van der Waals surface area contributed by atoms with Crippen LogP contribution in [0.25, 0.3) is 0 Å². The molecule has 1 aromatic rings. The number of benzene rings is 1. The molecule has 0 aliphatic rings. The van der Waals surface area contributed by atoms with E-state index in [0.29, 0.717) is 0 Å². The number of hydrogen-bond donors (Lipinski definition) is 1. The largest absolute Gasteiger partial charge is 0.468 e. The van der Waals surface area contributed by atoms with Crippen molar-refractivity contribution in [2.75, 3.05) is 7.11 Å². The standard InChI is InChI=1S/C12H15NO4S2/c1-8-4-6-10(7-5-8)19(15,16)13-11(18)9(2)12(14)17-3/h4-7,9H,1-3H3,(H,13,18). The van der Waals surface area contributed by atoms with Crippen LogP contribution in [0.3, 0.4) is 0 Å². The van der Waals surface area contributed by atoms with Gasteiger partial charge in [-0.3, -0.25) is 9.52 Å². The highest BCUT2D eigenvalue weighted by Gasteiger charge is 2.23. The lowest BCUT2D eigenvalue weighted by molar-refractivity contribution is -0.142. The molecular formula is C12H15NO4S2. The summed E-state index contributed by atoms with van der Waals surface area (Å²) in [6, 6.07) is 6.31. The second-order valence-electron chi connectivity index (χ2n) is 4.03. The second kappa shape index (κ2) is 6.12. The van der Waals surface area contributed by atoms with Gasteiger partial charge in [0, 0.05) is 0 Å². The average Bonchev–Trinajstić information content (AvgIpc) is 2.36. The van der Waals surface area contributed by atoms with Crippen LogP contribution in [-0.4, -0.2) is 26.5 Å². The monoisotopic (exact) mass is 301 g/mol. The van der Waals surface area contributed by atoms with Gasteiger partial charge in [0.05, 0.1) is 12.0 Å². The first-order valence-electron chi connectivity index (χ1n) is 5.49. The highest BCUT2D eigenvalue weighted by molar-refractivity contribution is 7.92. The Bertz CT molecular complexity index is 578. The van der Waals surface area contributed by atoms with E-state index in [1.54, 1.807) is 12.1 Å². The van der Waals surface area contributed by atoms with Gasteiger partial charge in [-0.05, 0) is 26.0 Å². The van der Waals surface area contributed by atoms with Gasteiger partial charge in [0.2, 0.25) is 0 Å². The van der Waals surface area contributed by atoms with Crippen molar-refractivity contribution < 1.29 is 17.9 Å². The molecule has 7 heteroatoms. The third-order valence-corrected chi connectivity index (χ3v) is 4.48. The summed E-state index contributed by atoms with van der Waals surface area (Å²) in [5.41, 5.74) is 0.949. The number of sulfonamides is 1. The molecule has 0 aromatic heterocycles. The molecule has 0 radical (unpaired) electrons. The van der Waals surface area contributed by atoms with Gasteiger partial charge in [0.15, 0.2) is 0 Å². The topological polar surface area (TPSA) is 72.5 Å². The zero-order valence-electron chi connectivity index (χ0n) is 10.8. The Morgan fingerprint density at radius 3 is 2.32 bits per heavy atom. The van der Waals surface area contributed by atoms with Gasteiger partial charge in [-0.25, -0.2) is 8.42 Å². The van der Waals surface area contributed by atoms with Crippen LogP contribution in [0.15, 0.2) is 29.2 Å². The quantitative estimate of drug-likeness (QED) is 0.672. The van der Waals surface area contributed by atoms with Crippen LogP contribution in [0.5, 0.6) is 0 Å². The minimum Gasteiger partial charge on any atom is -0.468 e. The molecule has 0 saturated heterocycles. The number of nitrogens with one attached hydrogen (secondary N) is 1. The van der Waals surface area contributed by atoms with Crippen LogP contribution in [-0.2, 0) is 19.6 Å². The minimum atomic E-state index is -3.76. The van der Waals surface area contributed by atoms with Gasteiger partial charge in [0.25, 0.3) is 10.0 Å². The third kappa shape index (κ3) is 4.00. The van der Waals surface area contributed by atoms with Gasteiger partial charge in [-0.2, -0.15) is 0 Å². The predicted molar refractivity (Wildman–Crippen MR) is 75.3 cm³/mol. The summed E-state index contributed by atoms with van der Waals surface area (Å²) in [5.74, 6) is -1.41. The van der Waals surface area contributed by atoms with Crippen LogP contribution in [0.4, 0.5) is 0 Å². The molecule has 1 unspecified atom stereocenters. The van der Waals surface area contributed by atoms with E-state index < -0.39 is 21.9 Å². The number of carbonyl (C=O) groups excluding carboxylic acids is 1. The van der Waals surface area contributed by atoms with Crippen molar-refractivity contribution in [3.05, 3.63) is 29.8 Å². The lowest BCUT2D eigenvalue weighted by atomic mass is 10.2. The Kier molecular flexibility index (Phi) is 5.02. The summed E-state index contributed by atoms with van der Waals surface area (Å²) in [5, 5.41) is 0. The SMILES string of the molecule is COC(=O)C(C)C(=S)NS(=O)(=O)c1ccc(C)cc1. The number of esters is 1. The minimum absolute atomic E-state index is 0.0903. The Morgan fingerprint density at radius 2 is 1.84 bits per heavy atom. The van der Waals surface area contributed by atoms with Gasteiger partial charge in [-0.15, -0.1) is 0 Å². The van der Waals surface area contributed by atoms with E-state index in [1.807, 2.05) is 6.92 Å². The van der Waals surface area contributed by atoms with Crippen molar-refractivity contribution in [1.82, 2.24) is 4.72 Å². The first kappa shape index (κ1) is 15.6. The Morgan fingerprint density at radius 1 is 1.32 bits per heavy atom. The van der Waals surface area contributed by atoms with E-state index in [-0.39, 0.29) is 9.88 Å². The number of rotatable bonds is 4. The van der Waals surface area contributed by atoms with Crippen molar-refractivity contribution in [2.45, 2.75) is 18.7 Å². The highest BCUT2D eigenvalue weighted by Crippen LogP contribution is 2.11. The molecule has 19 heavy (non-hydrogen) atoms. The summed E-state index contributed by atoms with van der Waals surface area (Å²) in [6.45, 7) is 3.33. The predicted octanol–water partition coefficient (Wildman–Crippen LogP) is 1.41. The number of ether oxygens (including phenoxy) is 1. The van der Waals surface area contributed by atoms with Crippen LogP contribution >= 0.6 is 12.2 Å². The molecule has 0 fully saturated rings.